The molecule has 2 aromatic carbocycles. The highest BCUT2D eigenvalue weighted by atomic mass is 16.2. The molecule has 21 heavy (non-hydrogen) atoms. The molecule has 2 N–H and O–H groups in total. The number of benzene rings is 2. The maximum Gasteiger partial charge on any atom is 0.322 e. The summed E-state index contributed by atoms with van der Waals surface area (Å²) in [4.78, 5) is 24.2. The van der Waals surface area contributed by atoms with Gasteiger partial charge in [0, 0.05) is 0 Å². The van der Waals surface area contributed by atoms with E-state index in [0.717, 1.165) is 22.3 Å². The lowest BCUT2D eigenvalue weighted by molar-refractivity contribution is -0.122. The van der Waals surface area contributed by atoms with Gasteiger partial charge in [-0.05, 0) is 36.1 Å². The molecule has 1 saturated heterocycles. The van der Waals surface area contributed by atoms with E-state index in [-0.39, 0.29) is 5.91 Å². The maximum atomic E-state index is 12.5. The largest absolute Gasteiger partial charge is 0.322 e. The fourth-order valence-corrected chi connectivity index (χ4v) is 2.69. The Morgan fingerprint density at radius 3 is 2.14 bits per heavy atom. The molecular formula is C17H16N2O2. The van der Waals surface area contributed by atoms with E-state index in [1.807, 2.05) is 62.4 Å². The van der Waals surface area contributed by atoms with Crippen molar-refractivity contribution in [2.75, 3.05) is 0 Å². The van der Waals surface area contributed by atoms with E-state index < -0.39 is 11.6 Å². The van der Waals surface area contributed by atoms with E-state index in [0.29, 0.717) is 0 Å². The maximum absolute atomic E-state index is 12.5. The summed E-state index contributed by atoms with van der Waals surface area (Å²) in [6, 6.07) is 14.6. The molecule has 0 saturated carbocycles. The second-order valence-electron chi connectivity index (χ2n) is 5.32. The van der Waals surface area contributed by atoms with Crippen LogP contribution >= 0.6 is 0 Å². The monoisotopic (exact) mass is 280 g/mol. The van der Waals surface area contributed by atoms with Gasteiger partial charge in [-0.15, -0.1) is 0 Å². The number of imide groups is 1. The van der Waals surface area contributed by atoms with Crippen LogP contribution in [0.4, 0.5) is 4.79 Å². The number of carbonyl (C=O) groups excluding carboxylic acids is 2. The molecule has 2 aromatic rings. The van der Waals surface area contributed by atoms with Gasteiger partial charge < -0.3 is 5.32 Å². The Bertz CT molecular complexity index is 725. The minimum atomic E-state index is -1.16. The second-order valence-corrected chi connectivity index (χ2v) is 5.32. The average molecular weight is 280 g/mol. The molecule has 1 aliphatic heterocycles. The summed E-state index contributed by atoms with van der Waals surface area (Å²) in [6.45, 7) is 4.01. The van der Waals surface area contributed by atoms with Gasteiger partial charge in [0.2, 0.25) is 0 Å². The normalized spacial score (nSPS) is 21.0. The number of rotatable bonds is 2. The molecule has 1 aliphatic rings. The average Bonchev–Trinajstić information content (AvgIpc) is 2.78. The van der Waals surface area contributed by atoms with Crippen LogP contribution in [0.1, 0.15) is 22.3 Å². The Morgan fingerprint density at radius 2 is 1.57 bits per heavy atom. The Balaban J connectivity index is 2.24. The van der Waals surface area contributed by atoms with Crippen molar-refractivity contribution in [3.63, 3.8) is 0 Å². The van der Waals surface area contributed by atoms with Crippen LogP contribution in [0.2, 0.25) is 0 Å². The number of urea groups is 1. The number of nitrogens with one attached hydrogen (secondary N) is 2. The van der Waals surface area contributed by atoms with Crippen molar-refractivity contribution in [2.24, 2.45) is 0 Å². The molecule has 4 nitrogen and oxygen atoms in total. The molecule has 0 unspecified atom stereocenters. The van der Waals surface area contributed by atoms with Gasteiger partial charge in [0.25, 0.3) is 5.91 Å². The van der Waals surface area contributed by atoms with Crippen LogP contribution in [-0.4, -0.2) is 11.9 Å². The second kappa shape index (κ2) is 4.74. The van der Waals surface area contributed by atoms with Crippen molar-refractivity contribution in [1.29, 1.82) is 0 Å². The lowest BCUT2D eigenvalue weighted by atomic mass is 9.82. The quantitative estimate of drug-likeness (QED) is 0.830. The zero-order valence-corrected chi connectivity index (χ0v) is 11.9. The molecular weight excluding hydrogens is 264 g/mol. The Morgan fingerprint density at radius 1 is 0.857 bits per heavy atom. The lowest BCUT2D eigenvalue weighted by Gasteiger charge is -2.27. The first-order chi connectivity index (χ1) is 10.0. The standard InChI is InChI=1S/C17H16N2O2/c1-11-8-9-14(10-12(11)2)17(13-6-4-3-5-7-13)15(20)18-16(21)19-17/h3-10H,1-2H3,(H2,18,19,20,21)/t17-/m1/s1. The first-order valence-corrected chi connectivity index (χ1v) is 6.81. The fourth-order valence-electron chi connectivity index (χ4n) is 2.69. The van der Waals surface area contributed by atoms with Gasteiger partial charge in [-0.1, -0.05) is 48.5 Å². The molecule has 0 radical (unpaired) electrons. The molecule has 1 heterocycles. The lowest BCUT2D eigenvalue weighted by Crippen LogP contribution is -2.44. The Labute approximate surface area is 123 Å². The van der Waals surface area contributed by atoms with Gasteiger partial charge in [0.1, 0.15) is 0 Å². The van der Waals surface area contributed by atoms with Gasteiger partial charge in [-0.2, -0.15) is 0 Å². The van der Waals surface area contributed by atoms with Crippen LogP contribution in [0.15, 0.2) is 48.5 Å². The summed E-state index contributed by atoms with van der Waals surface area (Å²) in [5, 5.41) is 5.15. The van der Waals surface area contributed by atoms with Crippen molar-refractivity contribution in [3.8, 4) is 0 Å². The molecule has 0 spiro atoms. The zero-order chi connectivity index (χ0) is 15.0. The summed E-state index contributed by atoms with van der Waals surface area (Å²) in [5.41, 5.74) is 2.58. The van der Waals surface area contributed by atoms with Gasteiger partial charge in [-0.25, -0.2) is 4.79 Å². The number of amides is 3. The van der Waals surface area contributed by atoms with Crippen LogP contribution in [0.25, 0.3) is 0 Å². The molecule has 0 bridgehead atoms. The van der Waals surface area contributed by atoms with Crippen LogP contribution in [0, 0.1) is 13.8 Å². The number of hydrogen-bond acceptors (Lipinski definition) is 2. The van der Waals surface area contributed by atoms with E-state index in [9.17, 15) is 9.59 Å². The smallest absolute Gasteiger partial charge is 0.316 e. The van der Waals surface area contributed by atoms with Gasteiger partial charge in [0.05, 0.1) is 0 Å². The van der Waals surface area contributed by atoms with E-state index in [4.69, 9.17) is 0 Å². The molecule has 3 amide bonds. The summed E-state index contributed by atoms with van der Waals surface area (Å²) < 4.78 is 0. The van der Waals surface area contributed by atoms with Crippen molar-refractivity contribution in [2.45, 2.75) is 19.4 Å². The van der Waals surface area contributed by atoms with E-state index in [2.05, 4.69) is 10.6 Å². The fraction of sp³-hybridized carbons (Fsp3) is 0.176. The predicted octanol–water partition coefficient (Wildman–Crippen LogP) is 2.39. The SMILES string of the molecule is Cc1ccc([C@@]2(c3ccccc3)NC(=O)NC2=O)cc1C. The third kappa shape index (κ3) is 2.00. The van der Waals surface area contributed by atoms with Crippen LogP contribution in [0.5, 0.6) is 0 Å². The zero-order valence-electron chi connectivity index (χ0n) is 11.9. The summed E-state index contributed by atoms with van der Waals surface area (Å²) >= 11 is 0. The van der Waals surface area contributed by atoms with Gasteiger partial charge >= 0.3 is 6.03 Å². The van der Waals surface area contributed by atoms with Crippen molar-refractivity contribution < 1.29 is 9.59 Å². The molecule has 106 valence electrons. The van der Waals surface area contributed by atoms with E-state index >= 15 is 0 Å². The minimum Gasteiger partial charge on any atom is -0.316 e. The topological polar surface area (TPSA) is 58.2 Å². The highest BCUT2D eigenvalue weighted by Gasteiger charge is 2.49. The van der Waals surface area contributed by atoms with Crippen LogP contribution in [-0.2, 0) is 10.3 Å². The van der Waals surface area contributed by atoms with E-state index in [1.54, 1.807) is 0 Å². The predicted molar refractivity (Wildman–Crippen MR) is 79.8 cm³/mol. The number of hydrogen-bond donors (Lipinski definition) is 2. The third-order valence-corrected chi connectivity index (χ3v) is 4.02. The number of aryl methyl sites for hydroxylation is 2. The van der Waals surface area contributed by atoms with Crippen molar-refractivity contribution >= 4 is 11.9 Å². The first-order valence-electron chi connectivity index (χ1n) is 6.81. The first kappa shape index (κ1) is 13.4. The molecule has 1 atom stereocenters. The van der Waals surface area contributed by atoms with Crippen molar-refractivity contribution in [3.05, 3.63) is 70.8 Å². The van der Waals surface area contributed by atoms with Crippen molar-refractivity contribution in [1.82, 2.24) is 10.6 Å². The third-order valence-electron chi connectivity index (χ3n) is 4.02. The van der Waals surface area contributed by atoms with Gasteiger partial charge in [0.15, 0.2) is 5.54 Å². The Hall–Kier alpha value is -2.62. The van der Waals surface area contributed by atoms with Gasteiger partial charge in [-0.3, -0.25) is 10.1 Å². The summed E-state index contributed by atoms with van der Waals surface area (Å²) in [5.74, 6) is -0.345. The summed E-state index contributed by atoms with van der Waals surface area (Å²) in [7, 11) is 0. The highest BCUT2D eigenvalue weighted by molar-refractivity contribution is 6.09. The molecule has 3 rings (SSSR count). The van der Waals surface area contributed by atoms with Crippen LogP contribution in [0.3, 0.4) is 0 Å². The summed E-state index contributed by atoms with van der Waals surface area (Å²) in [6.07, 6.45) is 0. The molecule has 0 aromatic heterocycles. The molecule has 0 aliphatic carbocycles. The Kier molecular flexibility index (Phi) is 3.01. The highest BCUT2D eigenvalue weighted by Crippen LogP contribution is 2.33. The van der Waals surface area contributed by atoms with E-state index in [1.165, 1.54) is 0 Å². The van der Waals surface area contributed by atoms with Crippen LogP contribution < -0.4 is 10.6 Å². The minimum absolute atomic E-state index is 0.345. The molecule has 1 fully saturated rings. The molecule has 4 heteroatoms. The number of carbonyl (C=O) groups is 2.